The van der Waals surface area contributed by atoms with E-state index in [9.17, 15) is 19.0 Å². The minimum absolute atomic E-state index is 0.0299. The third-order valence-corrected chi connectivity index (χ3v) is 11.9. The van der Waals surface area contributed by atoms with Crippen LogP contribution in [-0.2, 0) is 32.7 Å². The van der Waals surface area contributed by atoms with Crippen molar-refractivity contribution in [2.45, 2.75) is 174 Å². The van der Waals surface area contributed by atoms with Crippen LogP contribution in [0.2, 0.25) is 0 Å². The van der Waals surface area contributed by atoms with Crippen LogP contribution in [0.25, 0.3) is 0 Å². The molecule has 0 aromatic rings. The van der Waals surface area contributed by atoms with Gasteiger partial charge in [-0.15, -0.1) is 0 Å². The standard InChI is InChI=1S/C66H102NO8P/c1-6-8-10-12-14-16-18-20-22-23-24-25-26-27-28-29-30-31-32-33-34-35-36-37-38-39-40-41-42-43-45-47-49-51-53-55-57-59-66(69)75-64(63-74-76(70,71)73-61-60-67(3,4)5)62-72-65(68)58-56-54-52-50-48-46-44-21-19-17-15-13-11-9-7-2/h8-11,14-17,20-22,24-25,27-28,30-31,33-34,36-37,39-40,42-44,48,50,54,56,64H,6-7,12-13,18-19,23,26,29,32,35,38,41,45-47,49,51-53,55,57-63H2,1-5H3/b10-8-,11-9-,16-14-,17-15-,22-20-,25-24-,28-27-,31-30-,34-33-,37-36-,40-39-,43-42-,44-21-,50-48-,56-54-. The Hall–Kier alpha value is -4.89. The molecule has 76 heavy (non-hydrogen) atoms. The molecular formula is C66H102NO8P. The van der Waals surface area contributed by atoms with Gasteiger partial charge in [0.25, 0.3) is 7.82 Å². The second-order valence-corrected chi connectivity index (χ2v) is 20.6. The molecule has 0 rings (SSSR count). The molecule has 2 unspecified atom stereocenters. The van der Waals surface area contributed by atoms with Crippen molar-refractivity contribution in [1.29, 1.82) is 0 Å². The van der Waals surface area contributed by atoms with Crippen LogP contribution < -0.4 is 4.89 Å². The molecule has 0 saturated heterocycles. The molecule has 0 spiro atoms. The van der Waals surface area contributed by atoms with E-state index in [1.165, 1.54) is 0 Å². The van der Waals surface area contributed by atoms with Gasteiger partial charge in [-0.2, -0.15) is 0 Å². The molecule has 0 saturated carbocycles. The highest BCUT2D eigenvalue weighted by Crippen LogP contribution is 2.38. The summed E-state index contributed by atoms with van der Waals surface area (Å²) >= 11 is 0. The van der Waals surface area contributed by atoms with Crippen LogP contribution in [0.4, 0.5) is 0 Å². The maximum atomic E-state index is 12.8. The Balaban J connectivity index is 4.28. The van der Waals surface area contributed by atoms with Crippen LogP contribution in [0.5, 0.6) is 0 Å². The van der Waals surface area contributed by atoms with Crippen LogP contribution in [0.1, 0.15) is 168 Å². The van der Waals surface area contributed by atoms with Gasteiger partial charge < -0.3 is 27.9 Å². The van der Waals surface area contributed by atoms with Crippen molar-refractivity contribution < 1.29 is 42.1 Å². The third-order valence-electron chi connectivity index (χ3n) is 11.0. The Kier molecular flexibility index (Phi) is 51.4. The number of carbonyl (C=O) groups is 2. The predicted molar refractivity (Wildman–Crippen MR) is 323 cm³/mol. The number of phosphoric ester groups is 1. The lowest BCUT2D eigenvalue weighted by Crippen LogP contribution is -2.37. The Morgan fingerprint density at radius 2 is 0.750 bits per heavy atom. The average molecular weight is 1070 g/mol. The first-order valence-corrected chi connectivity index (χ1v) is 30.0. The molecule has 0 aliphatic rings. The molecule has 0 aliphatic heterocycles. The van der Waals surface area contributed by atoms with Crippen LogP contribution >= 0.6 is 7.82 Å². The highest BCUT2D eigenvalue weighted by Gasteiger charge is 2.21. The van der Waals surface area contributed by atoms with Gasteiger partial charge in [-0.05, 0) is 116 Å². The van der Waals surface area contributed by atoms with Gasteiger partial charge in [0.15, 0.2) is 6.10 Å². The lowest BCUT2D eigenvalue weighted by atomic mass is 10.1. The van der Waals surface area contributed by atoms with Crippen molar-refractivity contribution >= 4 is 19.8 Å². The van der Waals surface area contributed by atoms with Crippen molar-refractivity contribution in [3.05, 3.63) is 182 Å². The summed E-state index contributed by atoms with van der Waals surface area (Å²) in [5, 5.41) is 0. The molecule has 0 aliphatic carbocycles. The maximum absolute atomic E-state index is 12.8. The smallest absolute Gasteiger partial charge is 0.309 e. The molecule has 424 valence electrons. The molecule has 10 heteroatoms. The molecule has 0 aromatic carbocycles. The van der Waals surface area contributed by atoms with Gasteiger partial charge >= 0.3 is 11.9 Å². The zero-order chi connectivity index (χ0) is 55.6. The van der Waals surface area contributed by atoms with Gasteiger partial charge in [0.1, 0.15) is 19.8 Å². The topological polar surface area (TPSA) is 111 Å². The van der Waals surface area contributed by atoms with Crippen LogP contribution in [0.15, 0.2) is 182 Å². The summed E-state index contributed by atoms with van der Waals surface area (Å²) in [6.45, 7) is 3.83. The van der Waals surface area contributed by atoms with E-state index in [1.54, 1.807) is 6.08 Å². The summed E-state index contributed by atoms with van der Waals surface area (Å²) in [4.78, 5) is 37.7. The van der Waals surface area contributed by atoms with E-state index in [0.29, 0.717) is 23.9 Å². The van der Waals surface area contributed by atoms with E-state index in [0.717, 1.165) is 128 Å². The van der Waals surface area contributed by atoms with Gasteiger partial charge in [0, 0.05) is 6.42 Å². The zero-order valence-electron chi connectivity index (χ0n) is 47.9. The Morgan fingerprint density at radius 1 is 0.421 bits per heavy atom. The Morgan fingerprint density at radius 3 is 1.12 bits per heavy atom. The largest absolute Gasteiger partial charge is 0.756 e. The molecule has 9 nitrogen and oxygen atoms in total. The van der Waals surface area contributed by atoms with Gasteiger partial charge in [-0.3, -0.25) is 14.2 Å². The van der Waals surface area contributed by atoms with Gasteiger partial charge in [0.2, 0.25) is 0 Å². The molecule has 0 radical (unpaired) electrons. The highest BCUT2D eigenvalue weighted by atomic mass is 31.2. The maximum Gasteiger partial charge on any atom is 0.309 e. The monoisotopic (exact) mass is 1070 g/mol. The van der Waals surface area contributed by atoms with E-state index in [1.807, 2.05) is 33.3 Å². The lowest BCUT2D eigenvalue weighted by molar-refractivity contribution is -0.870. The number of likely N-dealkylation sites (N-methyl/N-ethyl adjacent to an activating group) is 1. The fourth-order valence-corrected chi connectivity index (χ4v) is 7.37. The Labute approximate surface area is 463 Å². The second-order valence-electron chi connectivity index (χ2n) is 19.2. The zero-order valence-corrected chi connectivity index (χ0v) is 48.8. The van der Waals surface area contributed by atoms with Crippen molar-refractivity contribution in [2.24, 2.45) is 0 Å². The number of rotatable bonds is 49. The van der Waals surface area contributed by atoms with Gasteiger partial charge in [0.05, 0.1) is 34.2 Å². The number of quaternary nitrogens is 1. The first-order valence-electron chi connectivity index (χ1n) is 28.5. The number of unbranched alkanes of at least 4 members (excludes halogenated alkanes) is 6. The highest BCUT2D eigenvalue weighted by molar-refractivity contribution is 7.45. The number of phosphoric acid groups is 1. The minimum Gasteiger partial charge on any atom is -0.756 e. The van der Waals surface area contributed by atoms with Crippen molar-refractivity contribution in [3.8, 4) is 0 Å². The number of carbonyl (C=O) groups excluding carboxylic acids is 2. The number of nitrogens with zero attached hydrogens (tertiary/aromatic N) is 1. The number of hydrogen-bond acceptors (Lipinski definition) is 8. The van der Waals surface area contributed by atoms with E-state index in [4.69, 9.17) is 18.5 Å². The molecule has 0 amide bonds. The summed E-state index contributed by atoms with van der Waals surface area (Å²) < 4.78 is 33.9. The van der Waals surface area contributed by atoms with Crippen molar-refractivity contribution in [3.63, 3.8) is 0 Å². The second kappa shape index (κ2) is 54.9. The predicted octanol–water partition coefficient (Wildman–Crippen LogP) is 17.4. The van der Waals surface area contributed by atoms with E-state index in [2.05, 4.69) is 178 Å². The molecule has 0 bridgehead atoms. The molecule has 0 aromatic heterocycles. The summed E-state index contributed by atoms with van der Waals surface area (Å²) in [6, 6.07) is 0. The van der Waals surface area contributed by atoms with Gasteiger partial charge in [-0.25, -0.2) is 0 Å². The summed E-state index contributed by atoms with van der Waals surface area (Å²) in [7, 11) is 1.08. The SMILES string of the molecule is CC/C=C\C/C=C\C/C=C\C/C=C\C/C=C\C/C=C\C/C=C\C/C=C\C/C=C\C/C=C\CCCCCCCCC(=O)OC(COC(=O)C/C=C\C/C=C\C/C=C\C/C=C\C/C=C\CC)COP(=O)([O-])OCC[N+](C)(C)C. The van der Waals surface area contributed by atoms with Gasteiger partial charge in [-0.1, -0.05) is 222 Å². The first kappa shape index (κ1) is 71.1. The molecule has 2 atom stereocenters. The van der Waals surface area contributed by atoms with E-state index in [-0.39, 0.29) is 26.1 Å². The van der Waals surface area contributed by atoms with E-state index >= 15 is 0 Å². The molecule has 0 fully saturated rings. The van der Waals surface area contributed by atoms with Crippen molar-refractivity contribution in [1.82, 2.24) is 0 Å². The number of allylic oxidation sites excluding steroid dienone is 29. The van der Waals surface area contributed by atoms with Crippen LogP contribution in [0, 0.1) is 0 Å². The fraction of sp³-hybridized carbons (Fsp3) is 0.515. The quantitative estimate of drug-likeness (QED) is 0.0195. The third kappa shape index (κ3) is 58.4. The Bertz CT molecular complexity index is 1930. The lowest BCUT2D eigenvalue weighted by Gasteiger charge is -2.28. The summed E-state index contributed by atoms with van der Waals surface area (Å²) in [6.07, 6.45) is 85.5. The van der Waals surface area contributed by atoms with Crippen LogP contribution in [0.3, 0.4) is 0 Å². The first-order chi connectivity index (χ1) is 37.0. The number of ether oxygens (including phenoxy) is 2. The molecule has 0 N–H and O–H groups in total. The average Bonchev–Trinajstić information content (AvgIpc) is 3.38. The minimum atomic E-state index is -4.67. The molecular weight excluding hydrogens is 966 g/mol. The number of esters is 2. The normalized spacial score (nSPS) is 14.7. The summed E-state index contributed by atoms with van der Waals surface area (Å²) in [5.74, 6) is -1.02. The van der Waals surface area contributed by atoms with Crippen molar-refractivity contribution in [2.75, 3.05) is 47.5 Å². The molecule has 0 heterocycles. The van der Waals surface area contributed by atoms with Crippen LogP contribution in [-0.4, -0.2) is 70.0 Å². The van der Waals surface area contributed by atoms with E-state index < -0.39 is 32.5 Å². The summed E-state index contributed by atoms with van der Waals surface area (Å²) in [5.41, 5.74) is 0. The fourth-order valence-electron chi connectivity index (χ4n) is 6.64. The number of hydrogen-bond donors (Lipinski definition) is 0.